The second-order valence-electron chi connectivity index (χ2n) is 3.37. The van der Waals surface area contributed by atoms with Gasteiger partial charge < -0.3 is 14.7 Å². The predicted molar refractivity (Wildman–Crippen MR) is 98.3 cm³/mol. The summed E-state index contributed by atoms with van der Waals surface area (Å²) >= 11 is 0. The van der Waals surface area contributed by atoms with Gasteiger partial charge in [0.15, 0.2) is 0 Å². The Labute approximate surface area is 141 Å². The molecule has 0 spiro atoms. The fourth-order valence-electron chi connectivity index (χ4n) is 1.61. The third-order valence-corrected chi connectivity index (χ3v) is 2.44. The van der Waals surface area contributed by atoms with E-state index in [1.807, 2.05) is 41.5 Å². The molecule has 2 rings (SSSR count). The Balaban J connectivity index is -0.000000438. The van der Waals surface area contributed by atoms with Crippen molar-refractivity contribution in [2.45, 2.75) is 41.5 Å². The molecule has 1 aromatic rings. The lowest BCUT2D eigenvalue weighted by atomic mass is 10.2. The molecule has 1 aromatic carbocycles. The lowest BCUT2D eigenvalue weighted by Gasteiger charge is -2.28. The first-order valence-electron chi connectivity index (χ1n) is 8.29. The molecular weight excluding hydrogens is 296 g/mol. The zero-order chi connectivity index (χ0) is 18.7. The number of hydrogen-bond donors (Lipinski definition) is 1. The largest absolute Gasteiger partial charge is 0.400 e. The molecule has 0 atom stereocenters. The van der Waals surface area contributed by atoms with E-state index < -0.39 is 0 Å². The SMILES string of the molecule is CC.CC.CC.CO.O=[N+]([O-])c1ccc(N2CCOCC2)cc1. The maximum absolute atomic E-state index is 10.5. The number of aliphatic hydroxyl groups excluding tert-OH is 1. The van der Waals surface area contributed by atoms with Crippen molar-refractivity contribution in [2.75, 3.05) is 38.3 Å². The summed E-state index contributed by atoms with van der Waals surface area (Å²) in [4.78, 5) is 12.2. The van der Waals surface area contributed by atoms with Crippen LogP contribution in [0.5, 0.6) is 0 Å². The zero-order valence-corrected chi connectivity index (χ0v) is 15.7. The molecule has 136 valence electrons. The Morgan fingerprint density at radius 3 is 1.70 bits per heavy atom. The minimum absolute atomic E-state index is 0.131. The molecule has 23 heavy (non-hydrogen) atoms. The maximum Gasteiger partial charge on any atom is 0.269 e. The Morgan fingerprint density at radius 2 is 1.35 bits per heavy atom. The first-order chi connectivity index (χ1) is 11.3. The first kappa shape index (κ1) is 26.2. The third kappa shape index (κ3) is 11.5. The van der Waals surface area contributed by atoms with Gasteiger partial charge in [-0.3, -0.25) is 10.1 Å². The lowest BCUT2D eigenvalue weighted by Crippen LogP contribution is -2.36. The van der Waals surface area contributed by atoms with Crippen molar-refractivity contribution < 1.29 is 14.8 Å². The van der Waals surface area contributed by atoms with Crippen molar-refractivity contribution in [1.29, 1.82) is 0 Å². The minimum Gasteiger partial charge on any atom is -0.400 e. The van der Waals surface area contributed by atoms with E-state index >= 15 is 0 Å². The van der Waals surface area contributed by atoms with Gasteiger partial charge >= 0.3 is 0 Å². The average Bonchev–Trinajstić information content (AvgIpc) is 2.69. The molecule has 0 aromatic heterocycles. The molecule has 0 amide bonds. The number of non-ortho nitro benzene ring substituents is 1. The Kier molecular flexibility index (Phi) is 23.2. The van der Waals surface area contributed by atoms with E-state index in [4.69, 9.17) is 9.84 Å². The van der Waals surface area contributed by atoms with E-state index in [1.54, 1.807) is 12.1 Å². The Hall–Kier alpha value is -1.66. The number of hydrogen-bond acceptors (Lipinski definition) is 5. The van der Waals surface area contributed by atoms with Crippen LogP contribution >= 0.6 is 0 Å². The van der Waals surface area contributed by atoms with Gasteiger partial charge in [0, 0.05) is 38.0 Å². The topological polar surface area (TPSA) is 75.8 Å². The molecule has 1 N–H and O–H groups in total. The fraction of sp³-hybridized carbons (Fsp3) is 0.647. The predicted octanol–water partition coefficient (Wildman–Crippen LogP) is 4.12. The molecule has 6 nitrogen and oxygen atoms in total. The Bertz CT molecular complexity index is 350. The van der Waals surface area contributed by atoms with Crippen molar-refractivity contribution >= 4 is 11.4 Å². The summed E-state index contributed by atoms with van der Waals surface area (Å²) in [5.74, 6) is 0. The Morgan fingerprint density at radius 1 is 0.957 bits per heavy atom. The monoisotopic (exact) mass is 330 g/mol. The highest BCUT2D eigenvalue weighted by Crippen LogP contribution is 2.19. The van der Waals surface area contributed by atoms with Crippen molar-refractivity contribution in [3.05, 3.63) is 34.4 Å². The third-order valence-electron chi connectivity index (χ3n) is 2.44. The van der Waals surface area contributed by atoms with Crippen LogP contribution in [0.1, 0.15) is 41.5 Å². The molecular formula is C17H34N2O4. The normalized spacial score (nSPS) is 11.7. The summed E-state index contributed by atoms with van der Waals surface area (Å²) in [6.07, 6.45) is 0. The number of morpholine rings is 1. The van der Waals surface area contributed by atoms with E-state index in [2.05, 4.69) is 4.90 Å². The number of nitro groups is 1. The first-order valence-corrected chi connectivity index (χ1v) is 8.29. The van der Waals surface area contributed by atoms with Crippen molar-refractivity contribution in [3.63, 3.8) is 0 Å². The zero-order valence-electron chi connectivity index (χ0n) is 15.7. The summed E-state index contributed by atoms with van der Waals surface area (Å²) in [6, 6.07) is 6.63. The van der Waals surface area contributed by atoms with Crippen LogP contribution in [0.3, 0.4) is 0 Å². The number of aliphatic hydroxyl groups is 1. The minimum atomic E-state index is -0.386. The number of rotatable bonds is 2. The molecule has 0 saturated carbocycles. The van der Waals surface area contributed by atoms with Crippen LogP contribution in [-0.4, -0.2) is 43.4 Å². The highest BCUT2D eigenvalue weighted by Gasteiger charge is 2.12. The fourth-order valence-corrected chi connectivity index (χ4v) is 1.61. The second-order valence-corrected chi connectivity index (χ2v) is 3.37. The van der Waals surface area contributed by atoms with Crippen molar-refractivity contribution in [2.24, 2.45) is 0 Å². The number of nitrogens with zero attached hydrogens (tertiary/aromatic N) is 2. The van der Waals surface area contributed by atoms with Crippen LogP contribution < -0.4 is 4.90 Å². The molecule has 1 fully saturated rings. The molecule has 0 radical (unpaired) electrons. The van der Waals surface area contributed by atoms with Crippen molar-refractivity contribution in [3.8, 4) is 0 Å². The van der Waals surface area contributed by atoms with Crippen LogP contribution in [-0.2, 0) is 4.74 Å². The average molecular weight is 330 g/mol. The standard InChI is InChI=1S/C10H12N2O3.3C2H6.CH4O/c13-12(14)10-3-1-9(2-4-10)11-5-7-15-8-6-11;4*1-2/h1-4H,5-8H2;3*1-2H3;2H,1H3. The quantitative estimate of drug-likeness (QED) is 0.652. The smallest absolute Gasteiger partial charge is 0.269 e. The summed E-state index contributed by atoms with van der Waals surface area (Å²) in [5.41, 5.74) is 1.15. The summed E-state index contributed by atoms with van der Waals surface area (Å²) in [5, 5.41) is 17.5. The number of ether oxygens (including phenoxy) is 1. The summed E-state index contributed by atoms with van der Waals surface area (Å²) in [6.45, 7) is 15.1. The maximum atomic E-state index is 10.5. The molecule has 0 unspecified atom stereocenters. The van der Waals surface area contributed by atoms with Gasteiger partial charge in [0.1, 0.15) is 0 Å². The van der Waals surface area contributed by atoms with Crippen LogP contribution in [0, 0.1) is 10.1 Å². The van der Waals surface area contributed by atoms with Gasteiger partial charge in [-0.25, -0.2) is 0 Å². The molecule has 1 aliphatic heterocycles. The van der Waals surface area contributed by atoms with Gasteiger partial charge in [-0.2, -0.15) is 0 Å². The molecule has 1 aliphatic rings. The molecule has 1 saturated heterocycles. The highest BCUT2D eigenvalue weighted by molar-refractivity contribution is 5.51. The van der Waals surface area contributed by atoms with E-state index in [1.165, 1.54) is 12.1 Å². The van der Waals surface area contributed by atoms with Gasteiger partial charge in [0.25, 0.3) is 5.69 Å². The van der Waals surface area contributed by atoms with Crippen LogP contribution in [0.2, 0.25) is 0 Å². The van der Waals surface area contributed by atoms with Gasteiger partial charge in [-0.1, -0.05) is 41.5 Å². The van der Waals surface area contributed by atoms with Crippen LogP contribution in [0.25, 0.3) is 0 Å². The van der Waals surface area contributed by atoms with E-state index in [-0.39, 0.29) is 10.6 Å². The summed E-state index contributed by atoms with van der Waals surface area (Å²) in [7, 11) is 1.00. The van der Waals surface area contributed by atoms with E-state index in [0.717, 1.165) is 39.1 Å². The second kappa shape index (κ2) is 20.3. The van der Waals surface area contributed by atoms with Gasteiger partial charge in [-0.05, 0) is 12.1 Å². The van der Waals surface area contributed by atoms with Crippen LogP contribution in [0.15, 0.2) is 24.3 Å². The number of benzene rings is 1. The van der Waals surface area contributed by atoms with Crippen molar-refractivity contribution in [1.82, 2.24) is 0 Å². The summed E-state index contributed by atoms with van der Waals surface area (Å²) < 4.78 is 5.23. The van der Waals surface area contributed by atoms with Gasteiger partial charge in [0.2, 0.25) is 0 Å². The molecule has 0 aliphatic carbocycles. The van der Waals surface area contributed by atoms with E-state index in [9.17, 15) is 10.1 Å². The molecule has 1 heterocycles. The molecule has 0 bridgehead atoms. The number of anilines is 1. The number of nitro benzene ring substituents is 1. The molecule has 6 heteroatoms. The van der Waals surface area contributed by atoms with E-state index in [0.29, 0.717) is 0 Å². The van der Waals surface area contributed by atoms with Gasteiger partial charge in [0.05, 0.1) is 18.1 Å². The van der Waals surface area contributed by atoms with Crippen LogP contribution in [0.4, 0.5) is 11.4 Å². The van der Waals surface area contributed by atoms with Gasteiger partial charge in [-0.15, -0.1) is 0 Å². The highest BCUT2D eigenvalue weighted by atomic mass is 16.6. The lowest BCUT2D eigenvalue weighted by molar-refractivity contribution is -0.384.